The second-order valence-corrected chi connectivity index (χ2v) is 6.68. The number of rotatable bonds is 5. The highest BCUT2D eigenvalue weighted by Crippen LogP contribution is 2.33. The number of amides is 1. The van der Waals surface area contributed by atoms with Crippen molar-refractivity contribution in [2.24, 2.45) is 0 Å². The van der Waals surface area contributed by atoms with E-state index >= 15 is 0 Å². The first-order valence-electron chi connectivity index (χ1n) is 8.64. The molecule has 0 bridgehead atoms. The van der Waals surface area contributed by atoms with Gasteiger partial charge in [0.1, 0.15) is 18.3 Å². The maximum absolute atomic E-state index is 12.1. The Balaban J connectivity index is 1.77. The van der Waals surface area contributed by atoms with Crippen LogP contribution in [0.15, 0.2) is 30.9 Å². The number of aromatic nitrogens is 3. The normalized spacial score (nSPS) is 15.3. The Morgan fingerprint density at radius 1 is 1.35 bits per heavy atom. The van der Waals surface area contributed by atoms with Gasteiger partial charge in [-0.15, -0.1) is 0 Å². The van der Waals surface area contributed by atoms with Crippen LogP contribution in [0, 0.1) is 10.1 Å². The number of piperidine rings is 1. The van der Waals surface area contributed by atoms with Gasteiger partial charge in [-0.3, -0.25) is 14.9 Å². The highest BCUT2D eigenvalue weighted by molar-refractivity contribution is 5.96. The van der Waals surface area contributed by atoms with E-state index in [1.54, 1.807) is 18.5 Å². The third-order valence-corrected chi connectivity index (χ3v) is 4.47. The largest absolute Gasteiger partial charge is 0.366 e. The van der Waals surface area contributed by atoms with Gasteiger partial charge in [0.25, 0.3) is 11.6 Å². The van der Waals surface area contributed by atoms with Crippen molar-refractivity contribution in [2.45, 2.75) is 38.8 Å². The van der Waals surface area contributed by atoms with Crippen LogP contribution >= 0.6 is 0 Å². The van der Waals surface area contributed by atoms with Crippen LogP contribution in [-0.4, -0.2) is 44.7 Å². The second kappa shape index (κ2) is 7.51. The molecule has 1 aromatic heterocycles. The van der Waals surface area contributed by atoms with E-state index in [1.165, 1.54) is 12.4 Å². The molecular weight excluding hydrogens is 336 g/mol. The zero-order valence-corrected chi connectivity index (χ0v) is 14.8. The molecule has 1 fully saturated rings. The van der Waals surface area contributed by atoms with Crippen LogP contribution in [-0.2, 0) is 0 Å². The molecule has 9 heteroatoms. The quantitative estimate of drug-likeness (QED) is 0.648. The van der Waals surface area contributed by atoms with Crippen molar-refractivity contribution < 1.29 is 9.72 Å². The van der Waals surface area contributed by atoms with E-state index in [4.69, 9.17) is 0 Å². The number of nitrogens with one attached hydrogen (secondary N) is 1. The van der Waals surface area contributed by atoms with Gasteiger partial charge in [-0.05, 0) is 38.8 Å². The predicted molar refractivity (Wildman–Crippen MR) is 96.2 cm³/mol. The molecule has 138 valence electrons. The van der Waals surface area contributed by atoms with Gasteiger partial charge in [0.15, 0.2) is 0 Å². The molecule has 0 atom stereocenters. The summed E-state index contributed by atoms with van der Waals surface area (Å²) in [6.07, 6.45) is 4.87. The maximum Gasteiger partial charge on any atom is 0.293 e. The molecule has 1 N–H and O–H groups in total. The third-order valence-electron chi connectivity index (χ3n) is 4.47. The van der Waals surface area contributed by atoms with Crippen LogP contribution in [0.3, 0.4) is 0 Å². The Kier molecular flexibility index (Phi) is 5.15. The lowest BCUT2D eigenvalue weighted by Crippen LogP contribution is -2.35. The van der Waals surface area contributed by atoms with Gasteiger partial charge >= 0.3 is 0 Å². The van der Waals surface area contributed by atoms with Crippen LogP contribution in [0.2, 0.25) is 0 Å². The topological polar surface area (TPSA) is 106 Å². The van der Waals surface area contributed by atoms with Gasteiger partial charge in [-0.1, -0.05) is 0 Å². The molecule has 1 aliphatic heterocycles. The minimum Gasteiger partial charge on any atom is -0.366 e. The summed E-state index contributed by atoms with van der Waals surface area (Å²) in [5, 5.41) is 18.5. The van der Waals surface area contributed by atoms with Gasteiger partial charge in [0.2, 0.25) is 0 Å². The fourth-order valence-corrected chi connectivity index (χ4v) is 3.20. The summed E-state index contributed by atoms with van der Waals surface area (Å²) < 4.78 is 1.84. The number of hydrogen-bond acceptors (Lipinski definition) is 6. The lowest BCUT2D eigenvalue weighted by molar-refractivity contribution is -0.384. The molecule has 26 heavy (non-hydrogen) atoms. The zero-order chi connectivity index (χ0) is 18.7. The lowest BCUT2D eigenvalue weighted by Gasteiger charge is -2.33. The number of anilines is 1. The van der Waals surface area contributed by atoms with Crippen molar-refractivity contribution >= 4 is 17.3 Å². The summed E-state index contributed by atoms with van der Waals surface area (Å²) in [6, 6.07) is 4.89. The van der Waals surface area contributed by atoms with Gasteiger partial charge in [-0.2, -0.15) is 5.10 Å². The summed E-state index contributed by atoms with van der Waals surface area (Å²) in [6.45, 7) is 5.06. The molecule has 3 rings (SSSR count). The van der Waals surface area contributed by atoms with Crippen LogP contribution in [0.5, 0.6) is 0 Å². The Labute approximate surface area is 151 Å². The summed E-state index contributed by atoms with van der Waals surface area (Å²) in [5.41, 5.74) is 0.806. The molecule has 1 amide bonds. The average molecular weight is 358 g/mol. The van der Waals surface area contributed by atoms with Crippen LogP contribution in [0.1, 0.15) is 43.1 Å². The molecule has 0 aliphatic carbocycles. The third kappa shape index (κ3) is 3.81. The van der Waals surface area contributed by atoms with E-state index in [1.807, 2.05) is 23.4 Å². The van der Waals surface area contributed by atoms with Crippen LogP contribution < -0.4 is 10.2 Å². The smallest absolute Gasteiger partial charge is 0.293 e. The van der Waals surface area contributed by atoms with Crippen LogP contribution in [0.25, 0.3) is 0 Å². The van der Waals surface area contributed by atoms with Crippen molar-refractivity contribution in [2.75, 3.05) is 18.0 Å². The molecule has 2 aromatic rings. The minimum atomic E-state index is -0.426. The Bertz CT molecular complexity index is 782. The predicted octanol–water partition coefficient (Wildman–Crippen LogP) is 2.17. The minimum absolute atomic E-state index is 0.0305. The van der Waals surface area contributed by atoms with Crippen LogP contribution in [0.4, 0.5) is 11.4 Å². The highest BCUT2D eigenvalue weighted by atomic mass is 16.6. The maximum atomic E-state index is 12.1. The van der Waals surface area contributed by atoms with E-state index in [0.717, 1.165) is 12.8 Å². The number of hydrogen-bond donors (Lipinski definition) is 1. The van der Waals surface area contributed by atoms with Gasteiger partial charge < -0.3 is 10.2 Å². The highest BCUT2D eigenvalue weighted by Gasteiger charge is 2.27. The monoisotopic (exact) mass is 358 g/mol. The van der Waals surface area contributed by atoms with Gasteiger partial charge in [-0.25, -0.2) is 9.67 Å². The Morgan fingerprint density at radius 3 is 2.65 bits per heavy atom. The first kappa shape index (κ1) is 17.8. The van der Waals surface area contributed by atoms with Crippen molar-refractivity contribution in [3.05, 3.63) is 46.5 Å². The SMILES string of the molecule is CC(C)NC(=O)c1ccc(N2CCC(n3cncn3)CC2)c([N+](=O)[O-])c1. The van der Waals surface area contributed by atoms with E-state index in [2.05, 4.69) is 15.4 Å². The van der Waals surface area contributed by atoms with Crippen molar-refractivity contribution in [1.29, 1.82) is 0 Å². The summed E-state index contributed by atoms with van der Waals surface area (Å²) in [7, 11) is 0. The molecule has 1 aliphatic rings. The lowest BCUT2D eigenvalue weighted by atomic mass is 10.0. The number of nitrogens with zero attached hydrogens (tertiary/aromatic N) is 5. The molecule has 0 unspecified atom stereocenters. The standard InChI is InChI=1S/C17H22N6O3/c1-12(2)20-17(24)13-3-4-15(16(9-13)23(25)26)21-7-5-14(6-8-21)22-11-18-10-19-22/h3-4,9-12,14H,5-8H2,1-2H3,(H,20,24). The Morgan fingerprint density at radius 2 is 2.08 bits per heavy atom. The summed E-state index contributed by atoms with van der Waals surface area (Å²) >= 11 is 0. The Hall–Kier alpha value is -2.97. The fraction of sp³-hybridized carbons (Fsp3) is 0.471. The summed E-state index contributed by atoms with van der Waals surface area (Å²) in [5.74, 6) is -0.306. The van der Waals surface area contributed by atoms with Crippen molar-refractivity contribution in [3.63, 3.8) is 0 Å². The van der Waals surface area contributed by atoms with E-state index in [-0.39, 0.29) is 23.7 Å². The fourth-order valence-electron chi connectivity index (χ4n) is 3.20. The summed E-state index contributed by atoms with van der Waals surface area (Å²) in [4.78, 5) is 29.2. The number of carbonyl (C=O) groups excluding carboxylic acids is 1. The molecular formula is C17H22N6O3. The molecule has 0 radical (unpaired) electrons. The van der Waals surface area contributed by atoms with E-state index in [0.29, 0.717) is 24.3 Å². The second-order valence-electron chi connectivity index (χ2n) is 6.68. The van der Waals surface area contributed by atoms with Crippen molar-refractivity contribution in [3.8, 4) is 0 Å². The first-order valence-corrected chi connectivity index (χ1v) is 8.64. The average Bonchev–Trinajstić information content (AvgIpc) is 3.15. The van der Waals surface area contributed by atoms with E-state index < -0.39 is 4.92 Å². The molecule has 1 saturated heterocycles. The zero-order valence-electron chi connectivity index (χ0n) is 14.8. The number of carbonyl (C=O) groups is 1. The first-order chi connectivity index (χ1) is 12.5. The number of nitro groups is 1. The molecule has 2 heterocycles. The number of nitro benzene ring substituents is 1. The molecule has 0 spiro atoms. The molecule has 9 nitrogen and oxygen atoms in total. The van der Waals surface area contributed by atoms with E-state index in [9.17, 15) is 14.9 Å². The van der Waals surface area contributed by atoms with Gasteiger partial charge in [0.05, 0.1) is 11.0 Å². The molecule has 0 saturated carbocycles. The van der Waals surface area contributed by atoms with Gasteiger partial charge in [0, 0.05) is 30.8 Å². The van der Waals surface area contributed by atoms with Crippen molar-refractivity contribution in [1.82, 2.24) is 20.1 Å². The molecule has 1 aromatic carbocycles. The number of benzene rings is 1.